The summed E-state index contributed by atoms with van der Waals surface area (Å²) in [5.74, 6) is -0.0225. The molecule has 0 bridgehead atoms. The predicted octanol–water partition coefficient (Wildman–Crippen LogP) is 3.57. The first-order chi connectivity index (χ1) is 22.4. The third-order valence-electron chi connectivity index (χ3n) is 10.2. The number of rotatable bonds is 9. The standard InChI is InChI=1S/C35H43N3O8Si/c1-22-32(47(4,5)43)30(19-31(40)36-16-6-8-25(36)21-39)46-35(22)27-18-26(44-2)14-15-28(27)38(34(35)42)20-23-10-12-24(13-11-23)37-17-7-9-29(45-3)33(37)41/h7,9-15,17-18,22,25,30,32,39,43H,6,8,16,19-21H2,1-5H3/t22-,25-,30+,32-,35+/m0/s1. The first kappa shape index (κ1) is 32.9. The number of aromatic nitrogens is 1. The van der Waals surface area contributed by atoms with Crippen molar-refractivity contribution in [1.29, 1.82) is 0 Å². The zero-order chi connectivity index (χ0) is 33.7. The van der Waals surface area contributed by atoms with Crippen LogP contribution in [0.3, 0.4) is 0 Å². The third-order valence-corrected chi connectivity index (χ3v) is 12.7. The topological polar surface area (TPSA) is 131 Å². The normalized spacial score (nSPS) is 25.5. The number of likely N-dealkylation sites (tertiary alicyclic amines) is 1. The second kappa shape index (κ2) is 12.6. The van der Waals surface area contributed by atoms with Crippen molar-refractivity contribution < 1.29 is 33.7 Å². The van der Waals surface area contributed by atoms with Gasteiger partial charge in [-0.1, -0.05) is 19.1 Å². The molecule has 0 saturated carbocycles. The molecule has 2 saturated heterocycles. The van der Waals surface area contributed by atoms with Crippen molar-refractivity contribution in [3.8, 4) is 17.2 Å². The second-order valence-corrected chi connectivity index (χ2v) is 17.3. The lowest BCUT2D eigenvalue weighted by atomic mass is 9.82. The lowest BCUT2D eigenvalue weighted by Crippen LogP contribution is -2.46. The number of carbonyl (C=O) groups is 2. The number of anilines is 1. The van der Waals surface area contributed by atoms with Gasteiger partial charge in [-0.15, -0.1) is 0 Å². The highest BCUT2D eigenvalue weighted by Crippen LogP contribution is 2.60. The molecule has 47 heavy (non-hydrogen) atoms. The average Bonchev–Trinajstić information content (AvgIpc) is 3.71. The van der Waals surface area contributed by atoms with E-state index in [1.807, 2.05) is 62.5 Å². The number of benzene rings is 2. The molecule has 2 N–H and O–H groups in total. The van der Waals surface area contributed by atoms with Crippen molar-refractivity contribution in [2.24, 2.45) is 5.92 Å². The monoisotopic (exact) mass is 661 g/mol. The van der Waals surface area contributed by atoms with Gasteiger partial charge in [0.05, 0.1) is 51.6 Å². The summed E-state index contributed by atoms with van der Waals surface area (Å²) in [6.07, 6.45) is 2.57. The Balaban J connectivity index is 1.35. The van der Waals surface area contributed by atoms with Gasteiger partial charge in [-0.05, 0) is 74.0 Å². The number of amides is 2. The number of aliphatic hydroxyl groups excluding tert-OH is 1. The van der Waals surface area contributed by atoms with Gasteiger partial charge >= 0.3 is 0 Å². The van der Waals surface area contributed by atoms with Crippen molar-refractivity contribution in [2.45, 2.75) is 69.1 Å². The Bertz CT molecular complexity index is 1720. The highest BCUT2D eigenvalue weighted by Gasteiger charge is 2.66. The molecule has 11 nitrogen and oxygen atoms in total. The van der Waals surface area contributed by atoms with Crippen LogP contribution in [0.5, 0.6) is 11.5 Å². The molecule has 2 fully saturated rings. The van der Waals surface area contributed by atoms with E-state index in [4.69, 9.17) is 14.2 Å². The maximum atomic E-state index is 14.8. The van der Waals surface area contributed by atoms with Gasteiger partial charge in [-0.3, -0.25) is 19.0 Å². The van der Waals surface area contributed by atoms with E-state index < -0.39 is 31.5 Å². The fourth-order valence-electron chi connectivity index (χ4n) is 7.96. The molecule has 3 aromatic rings. The van der Waals surface area contributed by atoms with Gasteiger partial charge in [0.1, 0.15) is 5.75 Å². The molecule has 0 aliphatic carbocycles. The maximum Gasteiger partial charge on any atom is 0.297 e. The molecule has 3 aliphatic rings. The Labute approximate surface area is 275 Å². The van der Waals surface area contributed by atoms with E-state index in [-0.39, 0.29) is 48.7 Å². The van der Waals surface area contributed by atoms with Gasteiger partial charge in [0.15, 0.2) is 19.7 Å². The van der Waals surface area contributed by atoms with Crippen LogP contribution >= 0.6 is 0 Å². The minimum Gasteiger partial charge on any atom is -0.497 e. The van der Waals surface area contributed by atoms with Gasteiger partial charge < -0.3 is 33.9 Å². The number of methoxy groups -OCH3 is 2. The number of aliphatic hydroxyl groups is 1. The summed E-state index contributed by atoms with van der Waals surface area (Å²) in [7, 11) is 0.0465. The molecule has 2 aromatic carbocycles. The largest absolute Gasteiger partial charge is 0.497 e. The molecule has 0 unspecified atom stereocenters. The molecule has 250 valence electrons. The first-order valence-electron chi connectivity index (χ1n) is 16.1. The van der Waals surface area contributed by atoms with Crippen LogP contribution in [0, 0.1) is 5.92 Å². The molecule has 3 aliphatic heterocycles. The molecule has 4 heterocycles. The molecule has 6 rings (SSSR count). The van der Waals surface area contributed by atoms with Gasteiger partial charge in [-0.25, -0.2) is 0 Å². The number of carbonyl (C=O) groups excluding carboxylic acids is 2. The molecule has 12 heteroatoms. The van der Waals surface area contributed by atoms with Gasteiger partial charge in [0.25, 0.3) is 11.5 Å². The van der Waals surface area contributed by atoms with Crippen molar-refractivity contribution in [3.05, 3.63) is 82.3 Å². The molecule has 2 amide bonds. The van der Waals surface area contributed by atoms with Crippen molar-refractivity contribution in [3.63, 3.8) is 0 Å². The Morgan fingerprint density at radius 3 is 2.49 bits per heavy atom. The fraction of sp³-hybridized carbons (Fsp3) is 0.457. The predicted molar refractivity (Wildman–Crippen MR) is 178 cm³/mol. The first-order valence-corrected chi connectivity index (χ1v) is 19.1. The minimum atomic E-state index is -2.98. The second-order valence-electron chi connectivity index (χ2n) is 13.3. The van der Waals surface area contributed by atoms with Crippen LogP contribution in [0.4, 0.5) is 5.69 Å². The fourth-order valence-corrected chi connectivity index (χ4v) is 10.5. The highest BCUT2D eigenvalue weighted by molar-refractivity contribution is 6.71. The van der Waals surface area contributed by atoms with Crippen LogP contribution in [0.2, 0.25) is 18.6 Å². The van der Waals surface area contributed by atoms with Gasteiger partial charge in [0.2, 0.25) is 5.91 Å². The number of fused-ring (bicyclic) bond motifs is 2. The number of pyridine rings is 1. The SMILES string of the molecule is COc1ccc2c(c1)[C@@]1(O[C@H](CC(=O)N3CCC[C@H]3CO)[C@@H]([Si](C)(C)O)[C@@H]1C)C(=O)N2Cc1ccc(-n2cccc(OC)c2=O)cc1. The van der Waals surface area contributed by atoms with Crippen LogP contribution in [0.1, 0.15) is 37.3 Å². The number of hydrogen-bond donors (Lipinski definition) is 2. The van der Waals surface area contributed by atoms with E-state index in [1.54, 1.807) is 35.2 Å². The smallest absolute Gasteiger partial charge is 0.297 e. The summed E-state index contributed by atoms with van der Waals surface area (Å²) in [6, 6.07) is 16.0. The average molecular weight is 662 g/mol. The lowest BCUT2D eigenvalue weighted by Gasteiger charge is -2.33. The lowest BCUT2D eigenvalue weighted by molar-refractivity contribution is -0.150. The van der Waals surface area contributed by atoms with E-state index in [1.165, 1.54) is 11.7 Å². The zero-order valence-corrected chi connectivity index (χ0v) is 28.5. The van der Waals surface area contributed by atoms with Gasteiger partial charge in [-0.2, -0.15) is 0 Å². The van der Waals surface area contributed by atoms with Crippen LogP contribution in [0.25, 0.3) is 5.69 Å². The number of hydrogen-bond acceptors (Lipinski definition) is 8. The van der Waals surface area contributed by atoms with E-state index in [2.05, 4.69) is 0 Å². The van der Waals surface area contributed by atoms with Crippen LogP contribution in [-0.4, -0.2) is 79.0 Å². The summed E-state index contributed by atoms with van der Waals surface area (Å²) >= 11 is 0. The molecule has 1 aromatic heterocycles. The summed E-state index contributed by atoms with van der Waals surface area (Å²) in [4.78, 5) is 56.2. The summed E-state index contributed by atoms with van der Waals surface area (Å²) < 4.78 is 19.1. The van der Waals surface area contributed by atoms with Gasteiger partial charge in [0, 0.05) is 35.5 Å². The number of ether oxygens (including phenoxy) is 3. The maximum absolute atomic E-state index is 14.8. The van der Waals surface area contributed by atoms with Crippen molar-refractivity contribution >= 4 is 25.8 Å². The summed E-state index contributed by atoms with van der Waals surface area (Å²) in [5, 5.41) is 9.85. The van der Waals surface area contributed by atoms with E-state index in [0.717, 1.165) is 18.4 Å². The highest BCUT2D eigenvalue weighted by atomic mass is 28.4. The quantitative estimate of drug-likeness (QED) is 0.333. The molecule has 1 spiro atoms. The molecular formula is C35H43N3O8Si. The van der Waals surface area contributed by atoms with E-state index in [0.29, 0.717) is 29.2 Å². The molecular weight excluding hydrogens is 618 g/mol. The van der Waals surface area contributed by atoms with Crippen molar-refractivity contribution in [1.82, 2.24) is 9.47 Å². The van der Waals surface area contributed by atoms with E-state index >= 15 is 0 Å². The number of nitrogens with zero attached hydrogens (tertiary/aromatic N) is 3. The van der Waals surface area contributed by atoms with Crippen LogP contribution in [0.15, 0.2) is 65.6 Å². The molecule has 5 atom stereocenters. The Morgan fingerprint density at radius 1 is 1.09 bits per heavy atom. The minimum absolute atomic E-state index is 0.0158. The zero-order valence-electron chi connectivity index (χ0n) is 27.5. The van der Waals surface area contributed by atoms with Crippen molar-refractivity contribution in [2.75, 3.05) is 32.3 Å². The molecule has 0 radical (unpaired) electrons. The Kier molecular flexibility index (Phi) is 8.81. The Hall–Kier alpha value is -3.97. The van der Waals surface area contributed by atoms with E-state index in [9.17, 15) is 24.3 Å². The van der Waals surface area contributed by atoms with Crippen LogP contribution in [-0.2, 0) is 26.5 Å². The third kappa shape index (κ3) is 5.56. The summed E-state index contributed by atoms with van der Waals surface area (Å²) in [6.45, 7) is 6.32. The Morgan fingerprint density at radius 2 is 1.83 bits per heavy atom. The summed E-state index contributed by atoms with van der Waals surface area (Å²) in [5.41, 5.74) is 0.717. The van der Waals surface area contributed by atoms with Crippen LogP contribution < -0.4 is 19.9 Å².